The number of nitrogens with one attached hydrogen (secondary N) is 1. The van der Waals surface area contributed by atoms with Crippen LogP contribution in [0.15, 0.2) is 36.4 Å². The Bertz CT molecular complexity index is 1120. The van der Waals surface area contributed by atoms with Crippen LogP contribution in [0.25, 0.3) is 10.9 Å². The van der Waals surface area contributed by atoms with Gasteiger partial charge in [-0.3, -0.25) is 9.89 Å². The summed E-state index contributed by atoms with van der Waals surface area (Å²) in [6, 6.07) is 11.7. The number of hydrogen-bond acceptors (Lipinski definition) is 4. The molecule has 1 aliphatic rings. The number of anilines is 1. The van der Waals surface area contributed by atoms with E-state index in [2.05, 4.69) is 55.0 Å². The number of benzene rings is 2. The number of nitrogens with zero attached hydrogens (tertiary/aromatic N) is 3. The number of carbonyl (C=O) groups is 1. The van der Waals surface area contributed by atoms with Crippen LogP contribution in [0.3, 0.4) is 0 Å². The Labute approximate surface area is 196 Å². The van der Waals surface area contributed by atoms with Crippen LogP contribution < -0.4 is 4.90 Å². The largest absolute Gasteiger partial charge is 0.507 e. The maximum absolute atomic E-state index is 13.3. The second-order valence-electron chi connectivity index (χ2n) is 10.7. The molecule has 2 aromatic carbocycles. The number of aromatic amines is 1. The molecule has 1 aliphatic heterocycles. The molecule has 0 saturated carbocycles. The lowest BCUT2D eigenvalue weighted by molar-refractivity contribution is 0.0990. The first-order valence-corrected chi connectivity index (χ1v) is 11.9. The summed E-state index contributed by atoms with van der Waals surface area (Å²) in [5.41, 5.74) is 4.32. The third-order valence-electron chi connectivity index (χ3n) is 6.88. The van der Waals surface area contributed by atoms with E-state index in [-0.39, 0.29) is 17.1 Å². The van der Waals surface area contributed by atoms with Crippen molar-refractivity contribution in [1.29, 1.82) is 0 Å². The monoisotopic (exact) mass is 448 g/mol. The topological polar surface area (TPSA) is 72.5 Å². The summed E-state index contributed by atoms with van der Waals surface area (Å²) in [6.07, 6.45) is 4.14. The third kappa shape index (κ3) is 5.22. The molecule has 1 fully saturated rings. The highest BCUT2D eigenvalue weighted by molar-refractivity contribution is 6.09. The number of rotatable bonds is 5. The summed E-state index contributed by atoms with van der Waals surface area (Å²) in [5, 5.41) is 18.9. The Balaban J connectivity index is 1.54. The van der Waals surface area contributed by atoms with Crippen molar-refractivity contribution in [2.75, 3.05) is 32.1 Å². The van der Waals surface area contributed by atoms with Gasteiger partial charge in [-0.05, 0) is 80.9 Å². The highest BCUT2D eigenvalue weighted by atomic mass is 16.3. The van der Waals surface area contributed by atoms with Crippen molar-refractivity contribution >= 4 is 22.5 Å². The number of aromatic hydroxyl groups is 1. The van der Waals surface area contributed by atoms with Crippen molar-refractivity contribution in [2.45, 2.75) is 52.4 Å². The van der Waals surface area contributed by atoms with Gasteiger partial charge in [-0.25, -0.2) is 0 Å². The van der Waals surface area contributed by atoms with Gasteiger partial charge in [-0.2, -0.15) is 5.10 Å². The standard InChI is InChI=1S/C27H36N4O2/c1-27(2,3)13-10-23-21-16-22(25(32)17-24(21)29-28-23)26(33)31(5)20-8-6-18(7-9-20)19-11-14-30(4)15-12-19/h6-9,16-17,19,32H,10-15H2,1-5H3,(H,28,29). The molecule has 1 amide bonds. The van der Waals surface area contributed by atoms with E-state index < -0.39 is 0 Å². The number of aromatic nitrogens is 2. The van der Waals surface area contributed by atoms with Crippen molar-refractivity contribution in [3.63, 3.8) is 0 Å². The van der Waals surface area contributed by atoms with E-state index in [1.54, 1.807) is 24.1 Å². The number of fused-ring (bicyclic) bond motifs is 1. The molecule has 6 heteroatoms. The average Bonchev–Trinajstić information content (AvgIpc) is 3.18. The molecule has 1 aromatic heterocycles. The minimum Gasteiger partial charge on any atom is -0.507 e. The number of likely N-dealkylation sites (tertiary alicyclic amines) is 1. The van der Waals surface area contributed by atoms with Crippen LogP contribution in [0.1, 0.15) is 67.6 Å². The molecule has 0 unspecified atom stereocenters. The van der Waals surface area contributed by atoms with Crippen molar-refractivity contribution < 1.29 is 9.90 Å². The number of H-pyrrole nitrogens is 1. The minimum absolute atomic E-state index is 0.0340. The predicted molar refractivity (Wildman–Crippen MR) is 134 cm³/mol. The smallest absolute Gasteiger partial charge is 0.261 e. The van der Waals surface area contributed by atoms with E-state index in [0.29, 0.717) is 11.5 Å². The van der Waals surface area contributed by atoms with Gasteiger partial charge >= 0.3 is 0 Å². The minimum atomic E-state index is -0.232. The van der Waals surface area contributed by atoms with E-state index in [0.717, 1.165) is 48.2 Å². The first-order valence-electron chi connectivity index (χ1n) is 11.9. The molecule has 2 heterocycles. The highest BCUT2D eigenvalue weighted by Gasteiger charge is 2.22. The van der Waals surface area contributed by atoms with Crippen LogP contribution in [0, 0.1) is 5.41 Å². The van der Waals surface area contributed by atoms with Gasteiger partial charge in [-0.1, -0.05) is 32.9 Å². The molecule has 0 aliphatic carbocycles. The van der Waals surface area contributed by atoms with Crippen molar-refractivity contribution in [2.24, 2.45) is 5.41 Å². The van der Waals surface area contributed by atoms with E-state index >= 15 is 0 Å². The zero-order valence-corrected chi connectivity index (χ0v) is 20.5. The number of carbonyl (C=O) groups excluding carboxylic acids is 1. The molecule has 2 N–H and O–H groups in total. The number of phenols is 1. The fourth-order valence-corrected chi connectivity index (χ4v) is 4.57. The van der Waals surface area contributed by atoms with Crippen LogP contribution >= 0.6 is 0 Å². The third-order valence-corrected chi connectivity index (χ3v) is 6.88. The van der Waals surface area contributed by atoms with Gasteiger partial charge in [0.15, 0.2) is 0 Å². The fraction of sp³-hybridized carbons (Fsp3) is 0.481. The van der Waals surface area contributed by atoms with Gasteiger partial charge in [0.1, 0.15) is 5.75 Å². The van der Waals surface area contributed by atoms with Crippen molar-refractivity contribution in [3.05, 3.63) is 53.2 Å². The molecule has 6 nitrogen and oxygen atoms in total. The summed E-state index contributed by atoms with van der Waals surface area (Å²) >= 11 is 0. The first-order chi connectivity index (χ1) is 15.6. The molecule has 0 spiro atoms. The summed E-state index contributed by atoms with van der Waals surface area (Å²) in [7, 11) is 3.93. The van der Waals surface area contributed by atoms with Gasteiger partial charge in [0.05, 0.1) is 16.8 Å². The van der Waals surface area contributed by atoms with E-state index in [4.69, 9.17) is 0 Å². The number of phenolic OH excluding ortho intramolecular Hbond substituents is 1. The SMILES string of the molecule is CN1CCC(c2ccc(N(C)C(=O)c3cc4c(CCC(C)(C)C)n[nH]c4cc3O)cc2)CC1. The van der Waals surface area contributed by atoms with Crippen LogP contribution in [-0.4, -0.2) is 53.3 Å². The molecule has 4 rings (SSSR count). The number of aryl methyl sites for hydroxylation is 1. The molecule has 0 bridgehead atoms. The second-order valence-corrected chi connectivity index (χ2v) is 10.7. The lowest BCUT2D eigenvalue weighted by Crippen LogP contribution is -2.29. The molecule has 0 radical (unpaired) electrons. The maximum Gasteiger partial charge on any atom is 0.261 e. The Morgan fingerprint density at radius 2 is 1.85 bits per heavy atom. The maximum atomic E-state index is 13.3. The van der Waals surface area contributed by atoms with Gasteiger partial charge in [0, 0.05) is 24.2 Å². The Morgan fingerprint density at radius 1 is 1.18 bits per heavy atom. The van der Waals surface area contributed by atoms with Crippen molar-refractivity contribution in [1.82, 2.24) is 15.1 Å². The van der Waals surface area contributed by atoms with Gasteiger partial charge < -0.3 is 14.9 Å². The molecule has 33 heavy (non-hydrogen) atoms. The number of amides is 1. The summed E-state index contributed by atoms with van der Waals surface area (Å²) in [5.74, 6) is 0.313. The lowest BCUT2D eigenvalue weighted by Gasteiger charge is -2.29. The van der Waals surface area contributed by atoms with Crippen molar-refractivity contribution in [3.8, 4) is 5.75 Å². The normalized spacial score (nSPS) is 15.8. The quantitative estimate of drug-likeness (QED) is 0.553. The number of piperidine rings is 1. The summed E-state index contributed by atoms with van der Waals surface area (Å²) in [4.78, 5) is 17.3. The second kappa shape index (κ2) is 9.18. The zero-order chi connectivity index (χ0) is 23.8. The summed E-state index contributed by atoms with van der Waals surface area (Å²) < 4.78 is 0. The highest BCUT2D eigenvalue weighted by Crippen LogP contribution is 2.32. The van der Waals surface area contributed by atoms with E-state index in [1.807, 2.05) is 12.1 Å². The van der Waals surface area contributed by atoms with Gasteiger partial charge in [0.2, 0.25) is 0 Å². The average molecular weight is 449 g/mol. The van der Waals surface area contributed by atoms with Gasteiger partial charge in [-0.15, -0.1) is 0 Å². The Kier molecular flexibility index (Phi) is 6.48. The van der Waals surface area contributed by atoms with E-state index in [9.17, 15) is 9.90 Å². The van der Waals surface area contributed by atoms with Gasteiger partial charge in [0.25, 0.3) is 5.91 Å². The Hall–Kier alpha value is -2.86. The summed E-state index contributed by atoms with van der Waals surface area (Å²) in [6.45, 7) is 8.86. The van der Waals surface area contributed by atoms with Crippen LogP contribution in [0.2, 0.25) is 0 Å². The zero-order valence-electron chi connectivity index (χ0n) is 20.5. The molecular formula is C27H36N4O2. The molecule has 176 valence electrons. The molecular weight excluding hydrogens is 412 g/mol. The Morgan fingerprint density at radius 3 is 2.48 bits per heavy atom. The van der Waals surface area contributed by atoms with Crippen LogP contribution in [-0.2, 0) is 6.42 Å². The molecule has 1 saturated heterocycles. The van der Waals surface area contributed by atoms with E-state index in [1.165, 1.54) is 18.4 Å². The lowest BCUT2D eigenvalue weighted by atomic mass is 9.89. The fourth-order valence-electron chi connectivity index (χ4n) is 4.57. The van der Waals surface area contributed by atoms with Crippen LogP contribution in [0.5, 0.6) is 5.75 Å². The number of hydrogen-bond donors (Lipinski definition) is 2. The molecule has 3 aromatic rings. The molecule has 0 atom stereocenters. The van der Waals surface area contributed by atoms with Crippen LogP contribution in [0.4, 0.5) is 5.69 Å². The first kappa shape index (κ1) is 23.3. The predicted octanol–water partition coefficient (Wildman–Crippen LogP) is 5.33.